The van der Waals surface area contributed by atoms with Gasteiger partial charge in [0, 0.05) is 30.8 Å². The van der Waals surface area contributed by atoms with Gasteiger partial charge in [-0.2, -0.15) is 0 Å². The molecule has 2 aliphatic rings. The molecule has 11 heteroatoms. The van der Waals surface area contributed by atoms with E-state index in [1.807, 2.05) is 39.1 Å². The number of halogens is 3. The van der Waals surface area contributed by atoms with Crippen molar-refractivity contribution in [3.63, 3.8) is 0 Å². The van der Waals surface area contributed by atoms with Crippen molar-refractivity contribution in [1.82, 2.24) is 19.4 Å². The molecule has 0 radical (unpaired) electrons. The second-order valence-electron chi connectivity index (χ2n) is 9.15. The minimum Gasteiger partial charge on any atom is -0.387 e. The second-order valence-corrected chi connectivity index (χ2v) is 10.8. The van der Waals surface area contributed by atoms with E-state index in [0.717, 1.165) is 28.9 Å². The number of hydrogen-bond acceptors (Lipinski definition) is 6. The van der Waals surface area contributed by atoms with Crippen molar-refractivity contribution in [3.8, 4) is 0 Å². The van der Waals surface area contributed by atoms with Crippen LogP contribution in [0.15, 0.2) is 57.7 Å². The molecule has 1 saturated heterocycles. The first-order valence-electron chi connectivity index (χ1n) is 12.0. The molecule has 190 valence electrons. The molecular weight excluding hydrogens is 564 g/mol. The lowest BCUT2D eigenvalue weighted by Gasteiger charge is -2.31. The molecule has 4 heterocycles. The summed E-state index contributed by atoms with van der Waals surface area (Å²) in [6.45, 7) is 1.54. The number of aromatic nitrogens is 3. The first-order valence-corrected chi connectivity index (χ1v) is 13.7. The first kappa shape index (κ1) is 24.2. The smallest absolute Gasteiger partial charge is 0.242 e. The summed E-state index contributed by atoms with van der Waals surface area (Å²) in [6.07, 6.45) is 1.09. The summed E-state index contributed by atoms with van der Waals surface area (Å²) in [6, 6.07) is 11.5. The van der Waals surface area contributed by atoms with Crippen molar-refractivity contribution in [3.05, 3.63) is 80.5 Å². The first-order chi connectivity index (χ1) is 18.0. The normalized spacial score (nSPS) is 18.3. The maximum Gasteiger partial charge on any atom is 0.242 e. The fraction of sp³-hybridized carbons (Fsp3) is 0.308. The molecule has 1 fully saturated rings. The van der Waals surface area contributed by atoms with Crippen LogP contribution in [0.2, 0.25) is 0 Å². The monoisotopic (exact) mass is 585 g/mol. The quantitative estimate of drug-likeness (QED) is 0.296. The summed E-state index contributed by atoms with van der Waals surface area (Å²) in [5, 5.41) is 6.96. The number of carbonyl (C=O) groups is 1. The molecule has 2 aromatic heterocycles. The van der Waals surface area contributed by atoms with Gasteiger partial charge < -0.3 is 14.3 Å². The number of likely N-dealkylation sites (tertiary alicyclic amines) is 1. The molecule has 1 atom stereocenters. The molecule has 1 unspecified atom stereocenters. The number of amides is 1. The predicted octanol–water partition coefficient (Wildman–Crippen LogP) is 5.81. The van der Waals surface area contributed by atoms with Gasteiger partial charge in [-0.25, -0.2) is 18.7 Å². The standard InChI is InChI=1S/C26H22BrF2N5O2S/c27-26-31-18-6-1-2-7-21(18)34(26)13-23(35)33-10-8-15(9-11-33)25-30-20(14-37-25)19-12-22(36-32-19)24-16(28)4-3-5-17(24)29/h1-7,14-15,22H,8-13H2. The summed E-state index contributed by atoms with van der Waals surface area (Å²) in [5.74, 6) is -0.983. The second kappa shape index (κ2) is 9.94. The third-order valence-corrected chi connectivity index (χ3v) is 8.52. The molecule has 0 spiro atoms. The molecule has 4 aromatic rings. The van der Waals surface area contributed by atoms with Crippen molar-refractivity contribution in [2.24, 2.45) is 5.16 Å². The van der Waals surface area contributed by atoms with Crippen molar-refractivity contribution < 1.29 is 18.4 Å². The van der Waals surface area contributed by atoms with Crippen LogP contribution in [0.4, 0.5) is 8.78 Å². The number of imidazole rings is 1. The Bertz CT molecular complexity index is 1490. The van der Waals surface area contributed by atoms with Gasteiger partial charge in [0.25, 0.3) is 0 Å². The van der Waals surface area contributed by atoms with E-state index < -0.39 is 17.7 Å². The van der Waals surface area contributed by atoms with E-state index in [1.165, 1.54) is 18.2 Å². The van der Waals surface area contributed by atoms with Gasteiger partial charge in [-0.3, -0.25) is 4.79 Å². The van der Waals surface area contributed by atoms with Gasteiger partial charge in [0.2, 0.25) is 5.91 Å². The number of fused-ring (bicyclic) bond motifs is 1. The zero-order valence-corrected chi connectivity index (χ0v) is 22.0. The number of benzene rings is 2. The highest BCUT2D eigenvalue weighted by Gasteiger charge is 2.31. The zero-order valence-electron chi connectivity index (χ0n) is 19.6. The van der Waals surface area contributed by atoms with E-state index in [1.54, 1.807) is 11.3 Å². The van der Waals surface area contributed by atoms with E-state index >= 15 is 0 Å². The molecular formula is C26H22BrF2N5O2S. The van der Waals surface area contributed by atoms with Gasteiger partial charge >= 0.3 is 0 Å². The summed E-state index contributed by atoms with van der Waals surface area (Å²) in [7, 11) is 0. The van der Waals surface area contributed by atoms with Gasteiger partial charge in [-0.1, -0.05) is 23.4 Å². The molecule has 2 aromatic carbocycles. The van der Waals surface area contributed by atoms with Gasteiger partial charge in [-0.05, 0) is 53.0 Å². The third kappa shape index (κ3) is 4.66. The Balaban J connectivity index is 1.07. The third-order valence-electron chi connectivity index (χ3n) is 6.91. The maximum absolute atomic E-state index is 14.1. The highest BCUT2D eigenvalue weighted by molar-refractivity contribution is 9.10. The number of nitrogens with zero attached hydrogens (tertiary/aromatic N) is 5. The number of piperidine rings is 1. The Labute approximate surface area is 223 Å². The zero-order chi connectivity index (χ0) is 25.5. The van der Waals surface area contributed by atoms with Gasteiger partial charge in [0.1, 0.15) is 23.9 Å². The topological polar surface area (TPSA) is 72.6 Å². The van der Waals surface area contributed by atoms with Crippen LogP contribution in [-0.2, 0) is 16.2 Å². The predicted molar refractivity (Wildman–Crippen MR) is 139 cm³/mol. The lowest BCUT2D eigenvalue weighted by molar-refractivity contribution is -0.132. The van der Waals surface area contributed by atoms with Crippen LogP contribution in [0, 0.1) is 11.6 Å². The Morgan fingerprint density at radius 1 is 1.08 bits per heavy atom. The lowest BCUT2D eigenvalue weighted by Crippen LogP contribution is -2.39. The fourth-order valence-corrected chi connectivity index (χ4v) is 6.42. The van der Waals surface area contributed by atoms with Crippen molar-refractivity contribution in [2.75, 3.05) is 13.1 Å². The lowest BCUT2D eigenvalue weighted by atomic mass is 9.97. The van der Waals surface area contributed by atoms with E-state index in [-0.39, 0.29) is 30.4 Å². The molecule has 6 rings (SSSR count). The number of carbonyl (C=O) groups excluding carboxylic acids is 1. The van der Waals surface area contributed by atoms with Crippen molar-refractivity contribution >= 4 is 49.9 Å². The van der Waals surface area contributed by atoms with Gasteiger partial charge in [-0.15, -0.1) is 11.3 Å². The molecule has 37 heavy (non-hydrogen) atoms. The molecule has 0 N–H and O–H groups in total. The Kier molecular flexibility index (Phi) is 6.49. The highest BCUT2D eigenvalue weighted by Crippen LogP contribution is 2.35. The Morgan fingerprint density at radius 2 is 1.84 bits per heavy atom. The van der Waals surface area contributed by atoms with Crippen molar-refractivity contribution in [1.29, 1.82) is 0 Å². The molecule has 0 aliphatic carbocycles. The van der Waals surface area contributed by atoms with Crippen LogP contribution in [-0.4, -0.2) is 44.1 Å². The number of rotatable bonds is 5. The van der Waals surface area contributed by atoms with Crippen LogP contribution in [0.5, 0.6) is 0 Å². The maximum atomic E-state index is 14.1. The van der Waals surface area contributed by atoms with E-state index in [0.29, 0.717) is 29.2 Å². The number of hydrogen-bond donors (Lipinski definition) is 0. The minimum absolute atomic E-state index is 0.0611. The summed E-state index contributed by atoms with van der Waals surface area (Å²) in [5.41, 5.74) is 2.93. The Hall–Kier alpha value is -3.18. The fourth-order valence-electron chi connectivity index (χ4n) is 4.92. The molecule has 1 amide bonds. The van der Waals surface area contributed by atoms with Gasteiger partial charge in [0.15, 0.2) is 10.8 Å². The minimum atomic E-state index is -0.803. The van der Waals surface area contributed by atoms with Gasteiger partial charge in [0.05, 0.1) is 27.3 Å². The summed E-state index contributed by atoms with van der Waals surface area (Å²) >= 11 is 5.02. The van der Waals surface area contributed by atoms with Crippen LogP contribution in [0.1, 0.15) is 47.5 Å². The van der Waals surface area contributed by atoms with Crippen LogP contribution in [0.25, 0.3) is 11.0 Å². The number of para-hydroxylation sites is 2. The average Bonchev–Trinajstić information content (AvgIpc) is 3.64. The van der Waals surface area contributed by atoms with E-state index in [4.69, 9.17) is 9.82 Å². The summed E-state index contributed by atoms with van der Waals surface area (Å²) in [4.78, 5) is 29.5. The van der Waals surface area contributed by atoms with Crippen LogP contribution < -0.4 is 0 Å². The molecule has 7 nitrogen and oxygen atoms in total. The molecule has 2 aliphatic heterocycles. The average molecular weight is 586 g/mol. The SMILES string of the molecule is O=C(Cn1c(Br)nc2ccccc21)N1CCC(c2nc(C3=NOC(c4c(F)cccc4F)C3)cs2)CC1. The van der Waals surface area contributed by atoms with E-state index in [2.05, 4.69) is 26.1 Å². The van der Waals surface area contributed by atoms with Crippen LogP contribution in [0.3, 0.4) is 0 Å². The highest BCUT2D eigenvalue weighted by atomic mass is 79.9. The summed E-state index contributed by atoms with van der Waals surface area (Å²) < 4.78 is 30.8. The number of thiazole rings is 1. The number of oxime groups is 1. The van der Waals surface area contributed by atoms with E-state index in [9.17, 15) is 13.6 Å². The van der Waals surface area contributed by atoms with Crippen LogP contribution >= 0.6 is 27.3 Å². The Morgan fingerprint density at radius 3 is 2.62 bits per heavy atom. The molecule has 0 saturated carbocycles. The van der Waals surface area contributed by atoms with Crippen molar-refractivity contribution in [2.45, 2.75) is 37.8 Å². The largest absolute Gasteiger partial charge is 0.387 e. The molecule has 0 bridgehead atoms.